The molecule has 0 spiro atoms. The first-order valence-corrected chi connectivity index (χ1v) is 6.65. The molecule has 1 heterocycles. The zero-order valence-electron chi connectivity index (χ0n) is 11.3. The molecular weight excluding hydrogens is 218 g/mol. The van der Waals surface area contributed by atoms with E-state index in [2.05, 4.69) is 62.2 Å². The van der Waals surface area contributed by atoms with Gasteiger partial charge in [-0.1, -0.05) is 43.3 Å². The number of benzene rings is 2. The minimum atomic E-state index is 1.00. The summed E-state index contributed by atoms with van der Waals surface area (Å²) in [6, 6.07) is 8.97. The van der Waals surface area contributed by atoms with Crippen molar-refractivity contribution in [3.05, 3.63) is 47.0 Å². The minimum Gasteiger partial charge on any atom is -0.370 e. The van der Waals surface area contributed by atoms with Gasteiger partial charge in [0.15, 0.2) is 0 Å². The average Bonchev–Trinajstić information content (AvgIpc) is 2.38. The molecule has 0 radical (unpaired) electrons. The number of fused-ring (bicyclic) bond motifs is 3. The van der Waals surface area contributed by atoms with E-state index in [0.717, 1.165) is 13.0 Å². The Morgan fingerprint density at radius 1 is 1.17 bits per heavy atom. The highest BCUT2D eigenvalue weighted by atomic mass is 15.1. The second-order valence-corrected chi connectivity index (χ2v) is 5.10. The van der Waals surface area contributed by atoms with Crippen LogP contribution in [0, 0.1) is 6.92 Å². The molecule has 18 heavy (non-hydrogen) atoms. The van der Waals surface area contributed by atoms with Gasteiger partial charge >= 0.3 is 0 Å². The third-order valence-electron chi connectivity index (χ3n) is 3.94. The number of hydrogen-bond donors (Lipinski definition) is 0. The van der Waals surface area contributed by atoms with E-state index < -0.39 is 0 Å². The fourth-order valence-electron chi connectivity index (χ4n) is 3.02. The summed E-state index contributed by atoms with van der Waals surface area (Å²) in [6.45, 7) is 5.47. The first-order valence-electron chi connectivity index (χ1n) is 6.65. The first-order chi connectivity index (χ1) is 8.72. The molecule has 0 bridgehead atoms. The van der Waals surface area contributed by atoms with E-state index in [9.17, 15) is 0 Å². The summed E-state index contributed by atoms with van der Waals surface area (Å²) in [5.74, 6) is 0. The third kappa shape index (κ3) is 1.54. The highest BCUT2D eigenvalue weighted by Crippen LogP contribution is 2.36. The second-order valence-electron chi connectivity index (χ2n) is 5.10. The maximum Gasteiger partial charge on any atom is 0.0522 e. The van der Waals surface area contributed by atoms with Gasteiger partial charge in [-0.05, 0) is 35.4 Å². The molecule has 0 unspecified atom stereocenters. The molecule has 0 aliphatic carbocycles. The molecular formula is C17H19N. The molecule has 0 N–H and O–H groups in total. The lowest BCUT2D eigenvalue weighted by molar-refractivity contribution is 1.02. The Morgan fingerprint density at radius 3 is 2.72 bits per heavy atom. The minimum absolute atomic E-state index is 1.00. The van der Waals surface area contributed by atoms with Crippen LogP contribution in [0.15, 0.2) is 30.3 Å². The van der Waals surface area contributed by atoms with Crippen molar-refractivity contribution in [2.45, 2.75) is 20.3 Å². The third-order valence-corrected chi connectivity index (χ3v) is 3.94. The molecule has 1 aliphatic heterocycles. The fraction of sp³-hybridized carbons (Fsp3) is 0.294. The van der Waals surface area contributed by atoms with E-state index in [1.54, 1.807) is 0 Å². The van der Waals surface area contributed by atoms with Crippen LogP contribution in [0.25, 0.3) is 16.8 Å². The van der Waals surface area contributed by atoms with Crippen molar-refractivity contribution >= 4 is 22.5 Å². The molecule has 92 valence electrons. The van der Waals surface area contributed by atoms with Crippen LogP contribution < -0.4 is 4.90 Å². The summed E-state index contributed by atoms with van der Waals surface area (Å²) in [4.78, 5) is 2.36. The van der Waals surface area contributed by atoms with E-state index in [1.165, 1.54) is 33.2 Å². The van der Waals surface area contributed by atoms with Crippen LogP contribution in [-0.2, 0) is 6.42 Å². The first kappa shape index (κ1) is 11.3. The number of anilines is 1. The zero-order chi connectivity index (χ0) is 12.7. The van der Waals surface area contributed by atoms with Crippen LogP contribution in [-0.4, -0.2) is 13.6 Å². The summed E-state index contributed by atoms with van der Waals surface area (Å²) in [5.41, 5.74) is 5.64. The Bertz CT molecular complexity index is 638. The summed E-state index contributed by atoms with van der Waals surface area (Å²) in [6.07, 6.45) is 5.57. The van der Waals surface area contributed by atoms with Crippen molar-refractivity contribution < 1.29 is 0 Å². The van der Waals surface area contributed by atoms with Gasteiger partial charge in [0.1, 0.15) is 0 Å². The summed E-state index contributed by atoms with van der Waals surface area (Å²) < 4.78 is 0. The normalized spacial score (nSPS) is 14.1. The van der Waals surface area contributed by atoms with Gasteiger partial charge < -0.3 is 4.90 Å². The summed E-state index contributed by atoms with van der Waals surface area (Å²) >= 11 is 0. The predicted octanol–water partition coefficient (Wildman–Crippen LogP) is 4.17. The lowest BCUT2D eigenvalue weighted by atomic mass is 9.93. The Balaban J connectivity index is 2.46. The molecule has 1 heteroatoms. The van der Waals surface area contributed by atoms with Gasteiger partial charge in [0, 0.05) is 19.0 Å². The summed E-state index contributed by atoms with van der Waals surface area (Å²) in [5, 5.41) is 2.81. The highest BCUT2D eigenvalue weighted by molar-refractivity contribution is 6.02. The average molecular weight is 237 g/mol. The van der Waals surface area contributed by atoms with Crippen LogP contribution >= 0.6 is 0 Å². The topological polar surface area (TPSA) is 3.24 Å². The molecule has 0 saturated carbocycles. The molecule has 0 amide bonds. The highest BCUT2D eigenvalue weighted by Gasteiger charge is 2.16. The molecule has 3 rings (SSSR count). The van der Waals surface area contributed by atoms with Crippen molar-refractivity contribution in [2.75, 3.05) is 18.5 Å². The van der Waals surface area contributed by atoms with E-state index in [-0.39, 0.29) is 0 Å². The lowest BCUT2D eigenvalue weighted by Gasteiger charge is -2.27. The number of hydrogen-bond acceptors (Lipinski definition) is 1. The zero-order valence-corrected chi connectivity index (χ0v) is 11.3. The summed E-state index contributed by atoms with van der Waals surface area (Å²) in [7, 11) is 2.18. The monoisotopic (exact) mass is 237 g/mol. The SMILES string of the molecule is CCc1c(C)ccc2ccc3c(c12)N(C)CC=C3. The van der Waals surface area contributed by atoms with Crippen LogP contribution in [0.2, 0.25) is 0 Å². The van der Waals surface area contributed by atoms with Crippen molar-refractivity contribution in [2.24, 2.45) is 0 Å². The Labute approximate surface area is 109 Å². The van der Waals surface area contributed by atoms with Gasteiger partial charge in [0.25, 0.3) is 0 Å². The Hall–Kier alpha value is -1.76. The molecule has 0 atom stereocenters. The van der Waals surface area contributed by atoms with Gasteiger partial charge in [-0.15, -0.1) is 0 Å². The van der Waals surface area contributed by atoms with Gasteiger partial charge in [-0.25, -0.2) is 0 Å². The number of nitrogens with zero attached hydrogens (tertiary/aromatic N) is 1. The van der Waals surface area contributed by atoms with Crippen LogP contribution in [0.3, 0.4) is 0 Å². The quantitative estimate of drug-likeness (QED) is 0.719. The molecule has 2 aromatic rings. The van der Waals surface area contributed by atoms with Crippen LogP contribution in [0.4, 0.5) is 5.69 Å². The van der Waals surface area contributed by atoms with Crippen molar-refractivity contribution in [1.82, 2.24) is 0 Å². The van der Waals surface area contributed by atoms with E-state index in [4.69, 9.17) is 0 Å². The predicted molar refractivity (Wildman–Crippen MR) is 80.4 cm³/mol. The number of likely N-dealkylation sites (N-methyl/N-ethyl adjacent to an activating group) is 1. The Morgan fingerprint density at radius 2 is 1.94 bits per heavy atom. The van der Waals surface area contributed by atoms with Crippen LogP contribution in [0.1, 0.15) is 23.6 Å². The van der Waals surface area contributed by atoms with Crippen molar-refractivity contribution in [3.63, 3.8) is 0 Å². The van der Waals surface area contributed by atoms with Gasteiger partial charge in [-0.2, -0.15) is 0 Å². The van der Waals surface area contributed by atoms with Gasteiger partial charge in [0.05, 0.1) is 5.69 Å². The smallest absolute Gasteiger partial charge is 0.0522 e. The van der Waals surface area contributed by atoms with Crippen LogP contribution in [0.5, 0.6) is 0 Å². The van der Waals surface area contributed by atoms with Gasteiger partial charge in [-0.3, -0.25) is 0 Å². The van der Waals surface area contributed by atoms with Crippen molar-refractivity contribution in [1.29, 1.82) is 0 Å². The standard InChI is InChI=1S/C17H19N/c1-4-15-12(2)7-8-13-9-10-14-6-5-11-18(3)17(14)16(13)15/h5-10H,4,11H2,1-3H3. The van der Waals surface area contributed by atoms with E-state index in [0.29, 0.717) is 0 Å². The molecule has 1 aliphatic rings. The maximum absolute atomic E-state index is 2.36. The maximum atomic E-state index is 2.36. The number of aryl methyl sites for hydroxylation is 2. The number of rotatable bonds is 1. The molecule has 2 aromatic carbocycles. The molecule has 0 aromatic heterocycles. The fourth-order valence-corrected chi connectivity index (χ4v) is 3.02. The van der Waals surface area contributed by atoms with E-state index >= 15 is 0 Å². The molecule has 0 fully saturated rings. The Kier molecular flexibility index (Phi) is 2.62. The van der Waals surface area contributed by atoms with Crippen molar-refractivity contribution in [3.8, 4) is 0 Å². The second kappa shape index (κ2) is 4.16. The molecule has 1 nitrogen and oxygen atoms in total. The largest absolute Gasteiger partial charge is 0.370 e. The molecule has 0 saturated heterocycles. The van der Waals surface area contributed by atoms with Gasteiger partial charge in [0.2, 0.25) is 0 Å². The van der Waals surface area contributed by atoms with E-state index in [1.807, 2.05) is 0 Å². The lowest BCUT2D eigenvalue weighted by Crippen LogP contribution is -2.21.